The summed E-state index contributed by atoms with van der Waals surface area (Å²) in [6.07, 6.45) is 1.44. The lowest BCUT2D eigenvalue weighted by Gasteiger charge is -2.30. The zero-order valence-electron chi connectivity index (χ0n) is 13.0. The minimum Gasteiger partial charge on any atom is -0.493 e. The second-order valence-electron chi connectivity index (χ2n) is 5.50. The molecule has 2 rings (SSSR count). The van der Waals surface area contributed by atoms with Crippen LogP contribution in [0.25, 0.3) is 0 Å². The summed E-state index contributed by atoms with van der Waals surface area (Å²) in [4.78, 5) is 14.5. The number of benzene rings is 1. The van der Waals surface area contributed by atoms with Crippen molar-refractivity contribution in [1.82, 2.24) is 10.2 Å². The van der Waals surface area contributed by atoms with E-state index in [4.69, 9.17) is 9.47 Å². The van der Waals surface area contributed by atoms with E-state index in [1.807, 2.05) is 18.2 Å². The number of ether oxygens (including phenoxy) is 2. The second kappa shape index (κ2) is 7.31. The lowest BCUT2D eigenvalue weighted by atomic mass is 10.1. The van der Waals surface area contributed by atoms with E-state index in [9.17, 15) is 4.79 Å². The molecule has 0 spiro atoms. The average molecular weight is 292 g/mol. The van der Waals surface area contributed by atoms with Crippen molar-refractivity contribution in [2.24, 2.45) is 0 Å². The van der Waals surface area contributed by atoms with Gasteiger partial charge in [-0.05, 0) is 52.0 Å². The predicted molar refractivity (Wildman–Crippen MR) is 81.7 cm³/mol. The molecule has 1 fully saturated rings. The lowest BCUT2D eigenvalue weighted by Crippen LogP contribution is -2.47. The number of methoxy groups -OCH3 is 1. The average Bonchev–Trinajstić information content (AvgIpc) is 2.50. The molecule has 1 aromatic rings. The van der Waals surface area contributed by atoms with E-state index >= 15 is 0 Å². The van der Waals surface area contributed by atoms with Gasteiger partial charge in [0.05, 0.1) is 7.11 Å². The molecule has 21 heavy (non-hydrogen) atoms. The molecule has 0 aromatic heterocycles. The summed E-state index contributed by atoms with van der Waals surface area (Å²) in [5.41, 5.74) is 0. The Morgan fingerprint density at radius 3 is 2.52 bits per heavy atom. The minimum atomic E-state index is -0.541. The van der Waals surface area contributed by atoms with Gasteiger partial charge in [0.25, 0.3) is 5.91 Å². The number of nitrogens with zero attached hydrogens (tertiary/aromatic N) is 1. The number of para-hydroxylation sites is 2. The van der Waals surface area contributed by atoms with Gasteiger partial charge in [-0.2, -0.15) is 0 Å². The molecule has 0 bridgehead atoms. The molecule has 0 aliphatic carbocycles. The van der Waals surface area contributed by atoms with E-state index in [0.717, 1.165) is 25.9 Å². The quantitative estimate of drug-likeness (QED) is 0.897. The van der Waals surface area contributed by atoms with Gasteiger partial charge in [-0.1, -0.05) is 12.1 Å². The van der Waals surface area contributed by atoms with E-state index in [1.54, 1.807) is 20.1 Å². The van der Waals surface area contributed by atoms with Gasteiger partial charge in [0.15, 0.2) is 17.6 Å². The normalized spacial score (nSPS) is 18.0. The first-order chi connectivity index (χ1) is 10.1. The molecule has 1 aliphatic heterocycles. The summed E-state index contributed by atoms with van der Waals surface area (Å²) in [5.74, 6) is 1.15. The third-order valence-electron chi connectivity index (χ3n) is 3.81. The highest BCUT2D eigenvalue weighted by atomic mass is 16.5. The van der Waals surface area contributed by atoms with Crippen LogP contribution in [0.5, 0.6) is 11.5 Å². The molecule has 5 nitrogen and oxygen atoms in total. The van der Waals surface area contributed by atoms with Crippen LogP contribution < -0.4 is 14.8 Å². The van der Waals surface area contributed by atoms with E-state index in [0.29, 0.717) is 11.5 Å². The van der Waals surface area contributed by atoms with Crippen LogP contribution in [0.4, 0.5) is 0 Å². The first-order valence-corrected chi connectivity index (χ1v) is 7.38. The molecule has 1 heterocycles. The maximum atomic E-state index is 12.2. The number of hydrogen-bond acceptors (Lipinski definition) is 4. The van der Waals surface area contributed by atoms with Crippen LogP contribution >= 0.6 is 0 Å². The fraction of sp³-hybridized carbons (Fsp3) is 0.562. The fourth-order valence-corrected chi connectivity index (χ4v) is 2.43. The number of nitrogens with one attached hydrogen (secondary N) is 1. The van der Waals surface area contributed by atoms with Gasteiger partial charge in [0.1, 0.15) is 0 Å². The molecule has 0 unspecified atom stereocenters. The van der Waals surface area contributed by atoms with Crippen molar-refractivity contribution in [3.63, 3.8) is 0 Å². The molecule has 1 N–H and O–H groups in total. The SMILES string of the molecule is COc1ccccc1O[C@@H](C)C(=O)NC1CCN(C)CC1. The van der Waals surface area contributed by atoms with Crippen molar-refractivity contribution in [2.45, 2.75) is 31.9 Å². The summed E-state index contributed by atoms with van der Waals surface area (Å²) in [6, 6.07) is 7.60. The molecule has 1 aliphatic rings. The van der Waals surface area contributed by atoms with Crippen molar-refractivity contribution >= 4 is 5.91 Å². The molecule has 0 saturated carbocycles. The van der Waals surface area contributed by atoms with Crippen molar-refractivity contribution in [3.8, 4) is 11.5 Å². The Hall–Kier alpha value is -1.75. The maximum Gasteiger partial charge on any atom is 0.260 e. The van der Waals surface area contributed by atoms with E-state index < -0.39 is 6.10 Å². The Morgan fingerprint density at radius 2 is 1.90 bits per heavy atom. The molecule has 1 amide bonds. The van der Waals surface area contributed by atoms with Crippen LogP contribution in [-0.2, 0) is 4.79 Å². The Kier molecular flexibility index (Phi) is 5.44. The van der Waals surface area contributed by atoms with Gasteiger partial charge >= 0.3 is 0 Å². The molecule has 0 radical (unpaired) electrons. The third-order valence-corrected chi connectivity index (χ3v) is 3.81. The Morgan fingerprint density at radius 1 is 1.29 bits per heavy atom. The van der Waals surface area contributed by atoms with Crippen LogP contribution in [0, 0.1) is 0 Å². The van der Waals surface area contributed by atoms with Gasteiger partial charge in [-0.3, -0.25) is 4.79 Å². The Balaban J connectivity index is 1.87. The Labute approximate surface area is 126 Å². The van der Waals surface area contributed by atoms with Crippen molar-refractivity contribution in [3.05, 3.63) is 24.3 Å². The molecule has 1 atom stereocenters. The first-order valence-electron chi connectivity index (χ1n) is 7.38. The predicted octanol–water partition coefficient (Wildman–Crippen LogP) is 1.67. The summed E-state index contributed by atoms with van der Waals surface area (Å²) in [6.45, 7) is 3.80. The lowest BCUT2D eigenvalue weighted by molar-refractivity contribution is -0.128. The monoisotopic (exact) mass is 292 g/mol. The van der Waals surface area contributed by atoms with Crippen molar-refractivity contribution in [1.29, 1.82) is 0 Å². The highest BCUT2D eigenvalue weighted by Crippen LogP contribution is 2.26. The number of rotatable bonds is 5. The summed E-state index contributed by atoms with van der Waals surface area (Å²) >= 11 is 0. The number of carbonyl (C=O) groups is 1. The molecule has 1 saturated heterocycles. The van der Waals surface area contributed by atoms with Gasteiger partial charge in [0, 0.05) is 6.04 Å². The van der Waals surface area contributed by atoms with Crippen LogP contribution in [-0.4, -0.2) is 50.2 Å². The summed E-state index contributed by atoms with van der Waals surface area (Å²) in [5, 5.41) is 3.07. The summed E-state index contributed by atoms with van der Waals surface area (Å²) in [7, 11) is 3.69. The van der Waals surface area contributed by atoms with Gasteiger partial charge in [-0.25, -0.2) is 0 Å². The van der Waals surface area contributed by atoms with Crippen molar-refractivity contribution < 1.29 is 14.3 Å². The molecule has 5 heteroatoms. The zero-order valence-corrected chi connectivity index (χ0v) is 13.0. The zero-order chi connectivity index (χ0) is 15.2. The first kappa shape index (κ1) is 15.6. The maximum absolute atomic E-state index is 12.2. The van der Waals surface area contributed by atoms with Crippen LogP contribution in [0.3, 0.4) is 0 Å². The van der Waals surface area contributed by atoms with Crippen LogP contribution in [0.1, 0.15) is 19.8 Å². The number of piperidine rings is 1. The largest absolute Gasteiger partial charge is 0.493 e. The molecular weight excluding hydrogens is 268 g/mol. The molecular formula is C16H24N2O3. The van der Waals surface area contributed by atoms with E-state index in [2.05, 4.69) is 17.3 Å². The van der Waals surface area contributed by atoms with Crippen molar-refractivity contribution in [2.75, 3.05) is 27.2 Å². The third kappa shape index (κ3) is 4.36. The summed E-state index contributed by atoms with van der Waals surface area (Å²) < 4.78 is 10.9. The van der Waals surface area contributed by atoms with Gasteiger partial charge in [-0.15, -0.1) is 0 Å². The Bertz CT molecular complexity index is 470. The highest BCUT2D eigenvalue weighted by molar-refractivity contribution is 5.81. The van der Waals surface area contributed by atoms with E-state index in [-0.39, 0.29) is 11.9 Å². The van der Waals surface area contributed by atoms with E-state index in [1.165, 1.54) is 0 Å². The number of hydrogen-bond donors (Lipinski definition) is 1. The number of carbonyl (C=O) groups excluding carboxylic acids is 1. The smallest absolute Gasteiger partial charge is 0.260 e. The molecule has 116 valence electrons. The standard InChI is InChI=1S/C16H24N2O3/c1-12(21-15-7-5-4-6-14(15)20-3)16(19)17-13-8-10-18(2)11-9-13/h4-7,12-13H,8-11H2,1-3H3,(H,17,19)/t12-/m0/s1. The fourth-order valence-electron chi connectivity index (χ4n) is 2.43. The second-order valence-corrected chi connectivity index (χ2v) is 5.50. The molecule has 1 aromatic carbocycles. The number of likely N-dealkylation sites (tertiary alicyclic amines) is 1. The topological polar surface area (TPSA) is 50.8 Å². The minimum absolute atomic E-state index is 0.0736. The number of amides is 1. The van der Waals surface area contributed by atoms with Gasteiger partial charge < -0.3 is 19.7 Å². The highest BCUT2D eigenvalue weighted by Gasteiger charge is 2.22. The van der Waals surface area contributed by atoms with Gasteiger partial charge in [0.2, 0.25) is 0 Å². The van der Waals surface area contributed by atoms with Crippen LogP contribution in [0.2, 0.25) is 0 Å². The van der Waals surface area contributed by atoms with Crippen LogP contribution in [0.15, 0.2) is 24.3 Å².